The summed E-state index contributed by atoms with van der Waals surface area (Å²) in [6.45, 7) is 4.66. The van der Waals surface area contributed by atoms with E-state index in [0.717, 1.165) is 0 Å². The number of amides is 2. The Balaban J connectivity index is 2.08. The molecule has 1 aromatic carbocycles. The van der Waals surface area contributed by atoms with E-state index < -0.39 is 6.10 Å². The molecule has 1 aliphatic heterocycles. The van der Waals surface area contributed by atoms with E-state index in [1.807, 2.05) is 13.0 Å². The average Bonchev–Trinajstić information content (AvgIpc) is 2.80. The molecule has 5 heteroatoms. The van der Waals surface area contributed by atoms with Crippen LogP contribution in [0.1, 0.15) is 31.9 Å². The van der Waals surface area contributed by atoms with E-state index >= 15 is 0 Å². The van der Waals surface area contributed by atoms with Gasteiger partial charge in [-0.3, -0.25) is 9.59 Å². The van der Waals surface area contributed by atoms with Crippen LogP contribution in [0.15, 0.2) is 24.3 Å². The minimum atomic E-state index is -0.649. The minimum absolute atomic E-state index is 0.0245. The molecule has 1 saturated heterocycles. The van der Waals surface area contributed by atoms with Gasteiger partial charge in [-0.05, 0) is 19.9 Å². The number of hydrogen-bond donors (Lipinski definition) is 2. The predicted molar refractivity (Wildman–Crippen MR) is 76.1 cm³/mol. The lowest BCUT2D eigenvalue weighted by Crippen LogP contribution is -2.28. The third-order valence-corrected chi connectivity index (χ3v) is 3.64. The Morgan fingerprint density at radius 2 is 2.20 bits per heavy atom. The third kappa shape index (κ3) is 2.99. The average molecular weight is 276 g/mol. The number of nitrogens with one attached hydrogen (secondary N) is 1. The molecule has 2 atom stereocenters. The molecule has 2 N–H and O–H groups in total. The van der Waals surface area contributed by atoms with Crippen molar-refractivity contribution in [2.75, 3.05) is 18.4 Å². The van der Waals surface area contributed by atoms with Crippen molar-refractivity contribution in [1.82, 2.24) is 4.90 Å². The Bertz CT molecular complexity index is 514. The van der Waals surface area contributed by atoms with Gasteiger partial charge in [0.05, 0.1) is 12.0 Å². The normalized spacial score (nSPS) is 20.1. The zero-order valence-electron chi connectivity index (χ0n) is 11.8. The number of aliphatic hydroxyl groups excluding tert-OH is 1. The smallest absolute Gasteiger partial charge is 0.229 e. The van der Waals surface area contributed by atoms with Gasteiger partial charge >= 0.3 is 0 Å². The fourth-order valence-corrected chi connectivity index (χ4v) is 2.46. The van der Waals surface area contributed by atoms with Gasteiger partial charge in [0.1, 0.15) is 0 Å². The Labute approximate surface area is 118 Å². The lowest BCUT2D eigenvalue weighted by Gasteiger charge is -2.16. The van der Waals surface area contributed by atoms with Crippen molar-refractivity contribution >= 4 is 17.5 Å². The van der Waals surface area contributed by atoms with Gasteiger partial charge in [0.15, 0.2) is 0 Å². The number of nitrogens with zero attached hydrogens (tertiary/aromatic N) is 1. The highest BCUT2D eigenvalue weighted by atomic mass is 16.3. The van der Waals surface area contributed by atoms with E-state index in [4.69, 9.17) is 0 Å². The maximum atomic E-state index is 12.2. The van der Waals surface area contributed by atoms with Crippen molar-refractivity contribution in [1.29, 1.82) is 0 Å². The van der Waals surface area contributed by atoms with Gasteiger partial charge in [-0.25, -0.2) is 0 Å². The molecule has 20 heavy (non-hydrogen) atoms. The van der Waals surface area contributed by atoms with Crippen LogP contribution in [0.4, 0.5) is 5.69 Å². The Kier molecular flexibility index (Phi) is 4.39. The van der Waals surface area contributed by atoms with Crippen LogP contribution < -0.4 is 5.32 Å². The molecule has 1 heterocycles. The number of carbonyl (C=O) groups is 2. The van der Waals surface area contributed by atoms with Gasteiger partial charge < -0.3 is 15.3 Å². The molecule has 108 valence electrons. The van der Waals surface area contributed by atoms with Gasteiger partial charge in [-0.1, -0.05) is 18.2 Å². The number of anilines is 1. The van der Waals surface area contributed by atoms with Gasteiger partial charge in [-0.15, -0.1) is 0 Å². The fraction of sp³-hybridized carbons (Fsp3) is 0.467. The largest absolute Gasteiger partial charge is 0.389 e. The number of hydrogen-bond acceptors (Lipinski definition) is 3. The molecule has 0 saturated carbocycles. The molecule has 1 aliphatic rings. The molecule has 0 spiro atoms. The standard InChI is InChI=1S/C15H20N2O3/c1-3-17-9-11(8-14(17)19)15(20)16-13-7-5-4-6-12(13)10(2)18/h4-7,10-11,18H,3,8-9H2,1-2H3,(H,16,20). The lowest BCUT2D eigenvalue weighted by molar-refractivity contribution is -0.128. The van der Waals surface area contributed by atoms with Crippen LogP contribution in [0.3, 0.4) is 0 Å². The molecule has 0 bridgehead atoms. The van der Waals surface area contributed by atoms with Gasteiger partial charge in [-0.2, -0.15) is 0 Å². The van der Waals surface area contributed by atoms with E-state index in [1.165, 1.54) is 0 Å². The van der Waals surface area contributed by atoms with Crippen LogP contribution in [0.2, 0.25) is 0 Å². The van der Waals surface area contributed by atoms with Crippen LogP contribution >= 0.6 is 0 Å². The van der Waals surface area contributed by atoms with Crippen molar-refractivity contribution in [3.63, 3.8) is 0 Å². The Hall–Kier alpha value is -1.88. The van der Waals surface area contributed by atoms with Crippen LogP contribution in [0.25, 0.3) is 0 Å². The summed E-state index contributed by atoms with van der Waals surface area (Å²) in [4.78, 5) is 25.6. The van der Waals surface area contributed by atoms with Crippen LogP contribution in [0.5, 0.6) is 0 Å². The van der Waals surface area contributed by atoms with E-state index in [2.05, 4.69) is 5.32 Å². The summed E-state index contributed by atoms with van der Waals surface area (Å²) in [6.07, 6.45) is -0.389. The summed E-state index contributed by atoms with van der Waals surface area (Å²) >= 11 is 0. The van der Waals surface area contributed by atoms with Crippen molar-refractivity contribution in [3.8, 4) is 0 Å². The van der Waals surface area contributed by atoms with Crippen LogP contribution in [0, 0.1) is 5.92 Å². The van der Waals surface area contributed by atoms with E-state index in [9.17, 15) is 14.7 Å². The first-order valence-corrected chi connectivity index (χ1v) is 6.88. The second kappa shape index (κ2) is 6.05. The number of para-hydroxylation sites is 1. The molecule has 2 rings (SSSR count). The number of carbonyl (C=O) groups excluding carboxylic acids is 2. The summed E-state index contributed by atoms with van der Waals surface area (Å²) in [5.41, 5.74) is 1.28. The first kappa shape index (κ1) is 14.5. The van der Waals surface area contributed by atoms with Crippen LogP contribution in [-0.2, 0) is 9.59 Å². The summed E-state index contributed by atoms with van der Waals surface area (Å²) in [5.74, 6) is -0.455. The molecular formula is C15H20N2O3. The second-order valence-electron chi connectivity index (χ2n) is 5.09. The summed E-state index contributed by atoms with van der Waals surface area (Å²) in [5, 5.41) is 12.5. The summed E-state index contributed by atoms with van der Waals surface area (Å²) in [7, 11) is 0. The van der Waals surface area contributed by atoms with Crippen molar-refractivity contribution in [2.45, 2.75) is 26.4 Å². The summed E-state index contributed by atoms with van der Waals surface area (Å²) < 4.78 is 0. The quantitative estimate of drug-likeness (QED) is 0.876. The topological polar surface area (TPSA) is 69.6 Å². The second-order valence-corrected chi connectivity index (χ2v) is 5.09. The number of likely N-dealkylation sites (tertiary alicyclic amines) is 1. The Morgan fingerprint density at radius 1 is 1.50 bits per heavy atom. The van der Waals surface area contributed by atoms with Crippen molar-refractivity contribution < 1.29 is 14.7 Å². The predicted octanol–water partition coefficient (Wildman–Crippen LogP) is 1.55. The van der Waals surface area contributed by atoms with Gasteiger partial charge in [0.2, 0.25) is 11.8 Å². The van der Waals surface area contributed by atoms with Crippen LogP contribution in [-0.4, -0.2) is 34.9 Å². The minimum Gasteiger partial charge on any atom is -0.389 e. The van der Waals surface area contributed by atoms with E-state index in [0.29, 0.717) is 24.3 Å². The molecule has 2 unspecified atom stereocenters. The monoisotopic (exact) mass is 276 g/mol. The van der Waals surface area contributed by atoms with Gasteiger partial charge in [0, 0.05) is 30.8 Å². The van der Waals surface area contributed by atoms with E-state index in [-0.39, 0.29) is 24.2 Å². The zero-order valence-corrected chi connectivity index (χ0v) is 11.8. The van der Waals surface area contributed by atoms with Gasteiger partial charge in [0.25, 0.3) is 0 Å². The molecular weight excluding hydrogens is 256 g/mol. The maximum Gasteiger partial charge on any atom is 0.229 e. The van der Waals surface area contributed by atoms with Crippen molar-refractivity contribution in [3.05, 3.63) is 29.8 Å². The zero-order chi connectivity index (χ0) is 14.7. The lowest BCUT2D eigenvalue weighted by atomic mass is 10.1. The highest BCUT2D eigenvalue weighted by molar-refractivity contribution is 5.97. The molecule has 1 aromatic rings. The number of rotatable bonds is 4. The first-order chi connectivity index (χ1) is 9.52. The molecule has 2 amide bonds. The third-order valence-electron chi connectivity index (χ3n) is 3.64. The Morgan fingerprint density at radius 3 is 2.80 bits per heavy atom. The number of benzene rings is 1. The van der Waals surface area contributed by atoms with E-state index in [1.54, 1.807) is 30.0 Å². The first-order valence-electron chi connectivity index (χ1n) is 6.88. The SMILES string of the molecule is CCN1CC(C(=O)Nc2ccccc2C(C)O)CC1=O. The highest BCUT2D eigenvalue weighted by Crippen LogP contribution is 2.24. The fourth-order valence-electron chi connectivity index (χ4n) is 2.46. The molecule has 0 aliphatic carbocycles. The highest BCUT2D eigenvalue weighted by Gasteiger charge is 2.33. The molecule has 5 nitrogen and oxygen atoms in total. The molecule has 1 fully saturated rings. The summed E-state index contributed by atoms with van der Waals surface area (Å²) in [6, 6.07) is 7.15. The van der Waals surface area contributed by atoms with Crippen molar-refractivity contribution in [2.24, 2.45) is 5.92 Å². The molecule has 0 aromatic heterocycles. The maximum absolute atomic E-state index is 12.2. The number of aliphatic hydroxyl groups is 1. The molecule has 0 radical (unpaired) electrons.